The van der Waals surface area contributed by atoms with Gasteiger partial charge in [-0.2, -0.15) is 0 Å². The van der Waals surface area contributed by atoms with Crippen LogP contribution in [0.25, 0.3) is 0 Å². The van der Waals surface area contributed by atoms with Crippen molar-refractivity contribution in [3.63, 3.8) is 0 Å². The number of nitro benzene ring substituents is 1. The second-order valence-electron chi connectivity index (χ2n) is 3.97. The largest absolute Gasteiger partial charge is 0.347 e. The number of thiophene rings is 1. The van der Waals surface area contributed by atoms with E-state index in [9.17, 15) is 14.9 Å². The predicted molar refractivity (Wildman–Crippen MR) is 73.3 cm³/mol. The van der Waals surface area contributed by atoms with Gasteiger partial charge in [-0.05, 0) is 24.4 Å². The van der Waals surface area contributed by atoms with Crippen molar-refractivity contribution in [3.05, 3.63) is 61.8 Å². The average molecular weight is 276 g/mol. The second kappa shape index (κ2) is 5.62. The van der Waals surface area contributed by atoms with Crippen LogP contribution in [0.2, 0.25) is 0 Å². The molecule has 19 heavy (non-hydrogen) atoms. The smallest absolute Gasteiger partial charge is 0.273 e. The van der Waals surface area contributed by atoms with Gasteiger partial charge in [-0.25, -0.2) is 0 Å². The summed E-state index contributed by atoms with van der Waals surface area (Å²) in [5, 5.41) is 15.5. The second-order valence-corrected chi connectivity index (χ2v) is 5.00. The number of carbonyl (C=O) groups excluding carboxylic acids is 1. The lowest BCUT2D eigenvalue weighted by Gasteiger charge is -2.07. The Bertz CT molecular complexity index is 608. The summed E-state index contributed by atoms with van der Waals surface area (Å²) in [6, 6.07) is 8.33. The zero-order valence-electron chi connectivity index (χ0n) is 10.3. The number of benzene rings is 1. The number of hydrogen-bond acceptors (Lipinski definition) is 4. The monoisotopic (exact) mass is 276 g/mol. The van der Waals surface area contributed by atoms with Crippen LogP contribution < -0.4 is 5.32 Å². The third kappa shape index (κ3) is 2.97. The van der Waals surface area contributed by atoms with Gasteiger partial charge in [-0.3, -0.25) is 14.9 Å². The molecule has 0 saturated carbocycles. The summed E-state index contributed by atoms with van der Waals surface area (Å²) < 4.78 is 0. The van der Waals surface area contributed by atoms with E-state index in [2.05, 4.69) is 5.32 Å². The van der Waals surface area contributed by atoms with Crippen molar-refractivity contribution in [1.29, 1.82) is 0 Å². The molecule has 0 aliphatic rings. The minimum absolute atomic E-state index is 0.0382. The maximum absolute atomic E-state index is 12.0. The SMILES string of the molecule is Cc1c(C(=O)NCc2cccs2)cccc1[N+](=O)[O-]. The zero-order chi connectivity index (χ0) is 13.8. The van der Waals surface area contributed by atoms with E-state index in [1.54, 1.807) is 24.3 Å². The molecule has 0 aliphatic heterocycles. The molecule has 5 nitrogen and oxygen atoms in total. The van der Waals surface area contributed by atoms with Gasteiger partial charge in [0.15, 0.2) is 0 Å². The molecule has 1 N–H and O–H groups in total. The number of amides is 1. The standard InChI is InChI=1S/C13H12N2O3S/c1-9-11(5-2-6-12(9)15(17)18)13(16)14-8-10-4-3-7-19-10/h2-7H,8H2,1H3,(H,14,16). The summed E-state index contributed by atoms with van der Waals surface area (Å²) in [5.41, 5.74) is 0.686. The summed E-state index contributed by atoms with van der Waals surface area (Å²) in [5.74, 6) is -0.297. The van der Waals surface area contributed by atoms with E-state index in [0.29, 0.717) is 17.7 Å². The van der Waals surface area contributed by atoms with Gasteiger partial charge in [0.2, 0.25) is 0 Å². The highest BCUT2D eigenvalue weighted by Gasteiger charge is 2.17. The quantitative estimate of drug-likeness (QED) is 0.689. The van der Waals surface area contributed by atoms with Crippen molar-refractivity contribution in [1.82, 2.24) is 5.32 Å². The lowest BCUT2D eigenvalue weighted by atomic mass is 10.1. The van der Waals surface area contributed by atoms with Crippen LogP contribution in [0.15, 0.2) is 35.7 Å². The summed E-state index contributed by atoms with van der Waals surface area (Å²) >= 11 is 1.55. The molecule has 0 unspecified atom stereocenters. The number of hydrogen-bond donors (Lipinski definition) is 1. The lowest BCUT2D eigenvalue weighted by Crippen LogP contribution is -2.23. The van der Waals surface area contributed by atoms with Gasteiger partial charge in [0.1, 0.15) is 0 Å². The van der Waals surface area contributed by atoms with Crippen LogP contribution in [0.1, 0.15) is 20.8 Å². The van der Waals surface area contributed by atoms with E-state index in [1.807, 2.05) is 17.5 Å². The molecule has 1 heterocycles. The van der Waals surface area contributed by atoms with Gasteiger partial charge in [0.25, 0.3) is 11.6 Å². The fourth-order valence-corrected chi connectivity index (χ4v) is 2.39. The first-order valence-corrected chi connectivity index (χ1v) is 6.52. The van der Waals surface area contributed by atoms with E-state index < -0.39 is 4.92 Å². The maximum Gasteiger partial charge on any atom is 0.273 e. The van der Waals surface area contributed by atoms with Crippen LogP contribution in [0, 0.1) is 17.0 Å². The van der Waals surface area contributed by atoms with Gasteiger partial charge < -0.3 is 5.32 Å². The Morgan fingerprint density at radius 2 is 2.16 bits per heavy atom. The molecule has 0 fully saturated rings. The van der Waals surface area contributed by atoms with Gasteiger partial charge in [0.05, 0.1) is 11.5 Å². The van der Waals surface area contributed by atoms with Crippen molar-refractivity contribution >= 4 is 22.9 Å². The Labute approximate surface area is 114 Å². The molecule has 2 rings (SSSR count). The molecule has 0 radical (unpaired) electrons. The van der Waals surface area contributed by atoms with Crippen molar-refractivity contribution in [2.75, 3.05) is 0 Å². The summed E-state index contributed by atoms with van der Waals surface area (Å²) in [7, 11) is 0. The van der Waals surface area contributed by atoms with E-state index in [4.69, 9.17) is 0 Å². The van der Waals surface area contributed by atoms with E-state index in [1.165, 1.54) is 12.1 Å². The Morgan fingerprint density at radius 1 is 1.37 bits per heavy atom. The van der Waals surface area contributed by atoms with Crippen molar-refractivity contribution < 1.29 is 9.72 Å². The van der Waals surface area contributed by atoms with Crippen LogP contribution in [0.3, 0.4) is 0 Å². The Kier molecular flexibility index (Phi) is 3.91. The number of nitrogens with one attached hydrogen (secondary N) is 1. The molecule has 1 amide bonds. The minimum Gasteiger partial charge on any atom is -0.347 e. The van der Waals surface area contributed by atoms with Gasteiger partial charge in [-0.1, -0.05) is 12.1 Å². The first kappa shape index (κ1) is 13.2. The molecule has 98 valence electrons. The highest BCUT2D eigenvalue weighted by molar-refractivity contribution is 7.09. The fraction of sp³-hybridized carbons (Fsp3) is 0.154. The third-order valence-electron chi connectivity index (χ3n) is 2.75. The average Bonchev–Trinajstić information content (AvgIpc) is 2.89. The van der Waals surface area contributed by atoms with E-state index in [-0.39, 0.29) is 11.6 Å². The molecule has 0 bridgehead atoms. The van der Waals surface area contributed by atoms with E-state index >= 15 is 0 Å². The molecule has 0 saturated heterocycles. The third-order valence-corrected chi connectivity index (χ3v) is 3.63. The highest BCUT2D eigenvalue weighted by Crippen LogP contribution is 2.21. The zero-order valence-corrected chi connectivity index (χ0v) is 11.1. The van der Waals surface area contributed by atoms with Crippen LogP contribution in [-0.2, 0) is 6.54 Å². The molecule has 0 aliphatic carbocycles. The molecule has 1 aromatic heterocycles. The number of rotatable bonds is 4. The fourth-order valence-electron chi connectivity index (χ4n) is 1.74. The molecular weight excluding hydrogens is 264 g/mol. The number of nitrogens with zero attached hydrogens (tertiary/aromatic N) is 1. The first-order chi connectivity index (χ1) is 9.09. The van der Waals surface area contributed by atoms with Crippen molar-refractivity contribution in [2.45, 2.75) is 13.5 Å². The van der Waals surface area contributed by atoms with Crippen molar-refractivity contribution in [3.8, 4) is 0 Å². The van der Waals surface area contributed by atoms with Crippen LogP contribution in [0.4, 0.5) is 5.69 Å². The van der Waals surface area contributed by atoms with Crippen LogP contribution in [0.5, 0.6) is 0 Å². The molecule has 0 atom stereocenters. The van der Waals surface area contributed by atoms with Crippen LogP contribution in [-0.4, -0.2) is 10.8 Å². The topological polar surface area (TPSA) is 72.2 Å². The molecule has 1 aromatic carbocycles. The Hall–Kier alpha value is -2.21. The van der Waals surface area contributed by atoms with E-state index in [0.717, 1.165) is 4.88 Å². The molecule has 0 spiro atoms. The van der Waals surface area contributed by atoms with Gasteiger partial charge in [-0.15, -0.1) is 11.3 Å². The number of nitro groups is 1. The maximum atomic E-state index is 12.0. The summed E-state index contributed by atoms with van der Waals surface area (Å²) in [6.07, 6.45) is 0. The molecule has 2 aromatic rings. The summed E-state index contributed by atoms with van der Waals surface area (Å²) in [6.45, 7) is 2.01. The highest BCUT2D eigenvalue weighted by atomic mass is 32.1. The van der Waals surface area contributed by atoms with Gasteiger partial charge >= 0.3 is 0 Å². The number of carbonyl (C=O) groups is 1. The Balaban J connectivity index is 2.15. The lowest BCUT2D eigenvalue weighted by molar-refractivity contribution is -0.385. The normalized spacial score (nSPS) is 10.2. The van der Waals surface area contributed by atoms with Crippen LogP contribution >= 0.6 is 11.3 Å². The summed E-state index contributed by atoms with van der Waals surface area (Å²) in [4.78, 5) is 23.4. The van der Waals surface area contributed by atoms with Gasteiger partial charge in [0, 0.05) is 22.1 Å². The molecule has 6 heteroatoms. The first-order valence-electron chi connectivity index (χ1n) is 5.64. The Morgan fingerprint density at radius 3 is 2.79 bits per heavy atom. The predicted octanol–water partition coefficient (Wildman–Crippen LogP) is 2.89. The minimum atomic E-state index is -0.481. The van der Waals surface area contributed by atoms with Crippen molar-refractivity contribution in [2.24, 2.45) is 0 Å². The molecular formula is C13H12N2O3S.